The summed E-state index contributed by atoms with van der Waals surface area (Å²) in [5.41, 5.74) is 2.37. The minimum absolute atomic E-state index is 0.106. The molecule has 0 amide bonds. The van der Waals surface area contributed by atoms with Crippen molar-refractivity contribution in [2.45, 2.75) is 18.9 Å². The first-order chi connectivity index (χ1) is 11.5. The maximum atomic E-state index is 11.2. The lowest BCUT2D eigenvalue weighted by atomic mass is 9.91. The van der Waals surface area contributed by atoms with E-state index in [0.717, 1.165) is 22.6 Å². The number of nitrogens with zero attached hydrogens (tertiary/aromatic N) is 1. The standard InChI is InChI=1S/C19H19BrClNO2/c20-16-3-1-2-15(12-16)18(13-4-6-17(21)7-5-13)22-10-8-14(9-11-22)19(23)24/h1-7,12,14,18H,8-11H2,(H,23,24). The Morgan fingerprint density at radius 1 is 1.12 bits per heavy atom. The van der Waals surface area contributed by atoms with Crippen molar-refractivity contribution in [2.24, 2.45) is 5.92 Å². The molecule has 1 saturated heterocycles. The molecule has 0 aliphatic carbocycles. The van der Waals surface area contributed by atoms with Crippen LogP contribution in [0.1, 0.15) is 30.0 Å². The molecule has 1 aliphatic rings. The van der Waals surface area contributed by atoms with Gasteiger partial charge in [0.05, 0.1) is 12.0 Å². The number of hydrogen-bond acceptors (Lipinski definition) is 2. The number of aliphatic carboxylic acids is 1. The van der Waals surface area contributed by atoms with Crippen molar-refractivity contribution < 1.29 is 9.90 Å². The van der Waals surface area contributed by atoms with Gasteiger partial charge in [0, 0.05) is 9.50 Å². The summed E-state index contributed by atoms with van der Waals surface area (Å²) < 4.78 is 1.04. The molecule has 2 aromatic carbocycles. The van der Waals surface area contributed by atoms with Crippen LogP contribution in [0.5, 0.6) is 0 Å². The monoisotopic (exact) mass is 407 g/mol. The number of halogens is 2. The summed E-state index contributed by atoms with van der Waals surface area (Å²) >= 11 is 9.59. The number of carboxylic acid groups (broad SMARTS) is 1. The Morgan fingerprint density at radius 3 is 2.38 bits per heavy atom. The van der Waals surface area contributed by atoms with Crippen LogP contribution in [0.25, 0.3) is 0 Å². The van der Waals surface area contributed by atoms with Gasteiger partial charge >= 0.3 is 5.97 Å². The highest BCUT2D eigenvalue weighted by atomic mass is 79.9. The number of carbonyl (C=O) groups is 1. The summed E-state index contributed by atoms with van der Waals surface area (Å²) in [5, 5.41) is 9.94. The topological polar surface area (TPSA) is 40.5 Å². The summed E-state index contributed by atoms with van der Waals surface area (Å²) in [7, 11) is 0. The third-order valence-corrected chi connectivity index (χ3v) is 5.34. The Hall–Kier alpha value is -1.36. The zero-order valence-corrected chi connectivity index (χ0v) is 15.5. The second-order valence-corrected chi connectivity index (χ2v) is 7.51. The second-order valence-electron chi connectivity index (χ2n) is 6.16. The van der Waals surface area contributed by atoms with Crippen molar-refractivity contribution in [3.63, 3.8) is 0 Å². The predicted molar refractivity (Wildman–Crippen MR) is 99.4 cm³/mol. The SMILES string of the molecule is O=C(O)C1CCN(C(c2ccc(Cl)cc2)c2cccc(Br)c2)CC1. The van der Waals surface area contributed by atoms with Gasteiger partial charge in [0.1, 0.15) is 0 Å². The van der Waals surface area contributed by atoms with E-state index in [1.54, 1.807) is 0 Å². The van der Waals surface area contributed by atoms with Gasteiger partial charge in [-0.1, -0.05) is 51.8 Å². The van der Waals surface area contributed by atoms with Crippen molar-refractivity contribution in [2.75, 3.05) is 13.1 Å². The van der Waals surface area contributed by atoms with Gasteiger partial charge in [0.25, 0.3) is 0 Å². The first-order valence-electron chi connectivity index (χ1n) is 8.02. The number of piperidine rings is 1. The maximum absolute atomic E-state index is 11.2. The van der Waals surface area contributed by atoms with Crippen LogP contribution in [0.3, 0.4) is 0 Å². The number of hydrogen-bond donors (Lipinski definition) is 1. The van der Waals surface area contributed by atoms with Gasteiger partial charge in [-0.25, -0.2) is 0 Å². The highest BCUT2D eigenvalue weighted by Gasteiger charge is 2.30. The molecule has 3 nitrogen and oxygen atoms in total. The van der Waals surface area contributed by atoms with E-state index in [2.05, 4.69) is 45.1 Å². The fourth-order valence-electron chi connectivity index (χ4n) is 3.34. The highest BCUT2D eigenvalue weighted by molar-refractivity contribution is 9.10. The lowest BCUT2D eigenvalue weighted by Gasteiger charge is -2.37. The molecule has 1 fully saturated rings. The van der Waals surface area contributed by atoms with Crippen molar-refractivity contribution in [3.8, 4) is 0 Å². The minimum atomic E-state index is -0.680. The Morgan fingerprint density at radius 2 is 1.79 bits per heavy atom. The molecule has 1 unspecified atom stereocenters. The number of benzene rings is 2. The molecule has 0 aromatic heterocycles. The summed E-state index contributed by atoms with van der Waals surface area (Å²) in [6.45, 7) is 1.55. The van der Waals surface area contributed by atoms with Crippen LogP contribution in [-0.2, 0) is 4.79 Å². The molecule has 0 saturated carbocycles. The number of carboxylic acids is 1. The number of rotatable bonds is 4. The molecule has 1 N–H and O–H groups in total. The summed E-state index contributed by atoms with van der Waals surface area (Å²) in [4.78, 5) is 13.6. The largest absolute Gasteiger partial charge is 0.481 e. The van der Waals surface area contributed by atoms with E-state index >= 15 is 0 Å². The zero-order chi connectivity index (χ0) is 17.1. The zero-order valence-electron chi connectivity index (χ0n) is 13.2. The average Bonchev–Trinajstić information content (AvgIpc) is 2.57. The van der Waals surface area contributed by atoms with Crippen molar-refractivity contribution in [1.29, 1.82) is 0 Å². The van der Waals surface area contributed by atoms with E-state index < -0.39 is 5.97 Å². The van der Waals surface area contributed by atoms with Gasteiger partial charge in [-0.15, -0.1) is 0 Å². The Bertz CT molecular complexity index is 712. The Balaban J connectivity index is 1.91. The van der Waals surface area contributed by atoms with Crippen LogP contribution in [0.2, 0.25) is 5.02 Å². The van der Waals surface area contributed by atoms with Crippen molar-refractivity contribution >= 4 is 33.5 Å². The van der Waals surface area contributed by atoms with Crippen LogP contribution >= 0.6 is 27.5 Å². The molecule has 0 spiro atoms. The number of likely N-dealkylation sites (tertiary alicyclic amines) is 1. The first-order valence-corrected chi connectivity index (χ1v) is 9.19. The highest BCUT2D eigenvalue weighted by Crippen LogP contribution is 2.34. The predicted octanol–water partition coefficient (Wildman–Crippen LogP) is 4.99. The summed E-state index contributed by atoms with van der Waals surface area (Å²) in [6, 6.07) is 16.3. The van der Waals surface area contributed by atoms with Gasteiger partial charge in [0.2, 0.25) is 0 Å². The van der Waals surface area contributed by atoms with E-state index in [9.17, 15) is 9.90 Å². The Kier molecular flexibility index (Phi) is 5.59. The van der Waals surface area contributed by atoms with E-state index in [-0.39, 0.29) is 12.0 Å². The molecule has 0 bridgehead atoms. The smallest absolute Gasteiger partial charge is 0.306 e. The summed E-state index contributed by atoms with van der Waals surface area (Å²) in [6.07, 6.45) is 1.38. The van der Waals surface area contributed by atoms with E-state index in [0.29, 0.717) is 12.8 Å². The lowest BCUT2D eigenvalue weighted by Crippen LogP contribution is -2.39. The fraction of sp³-hybridized carbons (Fsp3) is 0.316. The molecule has 1 atom stereocenters. The van der Waals surface area contributed by atoms with Crippen molar-refractivity contribution in [3.05, 3.63) is 69.2 Å². The molecule has 1 aliphatic heterocycles. The van der Waals surface area contributed by atoms with Crippen LogP contribution in [0.4, 0.5) is 0 Å². The minimum Gasteiger partial charge on any atom is -0.481 e. The molecule has 2 aromatic rings. The van der Waals surface area contributed by atoms with Crippen LogP contribution in [0, 0.1) is 5.92 Å². The maximum Gasteiger partial charge on any atom is 0.306 e. The molecule has 24 heavy (non-hydrogen) atoms. The molecule has 5 heteroatoms. The van der Waals surface area contributed by atoms with Gasteiger partial charge < -0.3 is 5.11 Å². The molecular weight excluding hydrogens is 390 g/mol. The van der Waals surface area contributed by atoms with Gasteiger partial charge in [-0.3, -0.25) is 9.69 Å². The van der Waals surface area contributed by atoms with E-state index in [1.807, 2.05) is 24.3 Å². The normalized spacial score (nSPS) is 17.6. The van der Waals surface area contributed by atoms with E-state index in [1.165, 1.54) is 11.1 Å². The second kappa shape index (κ2) is 7.68. The van der Waals surface area contributed by atoms with Gasteiger partial charge in [-0.05, 0) is 61.3 Å². The molecule has 3 rings (SSSR count). The lowest BCUT2D eigenvalue weighted by molar-refractivity contribution is -0.143. The average molecular weight is 409 g/mol. The van der Waals surface area contributed by atoms with Gasteiger partial charge in [-0.2, -0.15) is 0 Å². The quantitative estimate of drug-likeness (QED) is 0.775. The molecule has 1 heterocycles. The van der Waals surface area contributed by atoms with Crippen LogP contribution in [0.15, 0.2) is 53.0 Å². The Labute approximate surface area is 155 Å². The molecule has 0 radical (unpaired) electrons. The van der Waals surface area contributed by atoms with E-state index in [4.69, 9.17) is 11.6 Å². The third kappa shape index (κ3) is 4.00. The molecular formula is C19H19BrClNO2. The van der Waals surface area contributed by atoms with Crippen LogP contribution < -0.4 is 0 Å². The van der Waals surface area contributed by atoms with Crippen molar-refractivity contribution in [1.82, 2.24) is 4.90 Å². The summed E-state index contributed by atoms with van der Waals surface area (Å²) in [5.74, 6) is -0.908. The third-order valence-electron chi connectivity index (χ3n) is 4.59. The van der Waals surface area contributed by atoms with Gasteiger partial charge in [0.15, 0.2) is 0 Å². The first kappa shape index (κ1) is 17.5. The van der Waals surface area contributed by atoms with Crippen LogP contribution in [-0.4, -0.2) is 29.1 Å². The fourth-order valence-corrected chi connectivity index (χ4v) is 3.88. The molecule has 126 valence electrons.